The van der Waals surface area contributed by atoms with Gasteiger partial charge in [-0.15, -0.1) is 0 Å². The molecule has 2 heterocycles. The molecule has 0 radical (unpaired) electrons. The highest BCUT2D eigenvalue weighted by atomic mass is 35.5. The van der Waals surface area contributed by atoms with E-state index in [0.717, 1.165) is 46.0 Å². The molecule has 2 N–H and O–H groups in total. The molecule has 2 aromatic carbocycles. The number of fused-ring (bicyclic) bond motifs is 2. The van der Waals surface area contributed by atoms with Crippen LogP contribution in [0, 0.1) is 5.92 Å². The minimum Gasteiger partial charge on any atom is -0.381 e. The number of aromatic nitrogens is 2. The Hall–Kier alpha value is -2.56. The van der Waals surface area contributed by atoms with Gasteiger partial charge in [-0.3, -0.25) is 9.97 Å². The van der Waals surface area contributed by atoms with E-state index < -0.39 is 0 Å². The molecule has 1 fully saturated rings. The lowest BCUT2D eigenvalue weighted by Crippen LogP contribution is -2.43. The molecule has 2 unspecified atom stereocenters. The number of anilines is 2. The SMILES string of the molecule is CC1C(Nc2ccnc3cc(Cl)ccc23)CCCC1Nc1ccnc2cc(Cl)ccc12. The molecule has 1 aliphatic carbocycles. The second kappa shape index (κ2) is 8.52. The Balaban J connectivity index is 1.38. The van der Waals surface area contributed by atoms with Crippen LogP contribution >= 0.6 is 23.2 Å². The second-order valence-electron chi connectivity index (χ2n) is 8.33. The summed E-state index contributed by atoms with van der Waals surface area (Å²) in [5.74, 6) is 0.444. The molecule has 4 aromatic rings. The highest BCUT2D eigenvalue weighted by molar-refractivity contribution is 6.31. The molecule has 6 heteroatoms. The summed E-state index contributed by atoms with van der Waals surface area (Å²) in [5.41, 5.74) is 4.06. The van der Waals surface area contributed by atoms with Crippen molar-refractivity contribution in [1.82, 2.24) is 9.97 Å². The van der Waals surface area contributed by atoms with Crippen LogP contribution in [0.25, 0.3) is 21.8 Å². The molecule has 1 saturated carbocycles. The number of rotatable bonds is 4. The molecule has 4 nitrogen and oxygen atoms in total. The van der Waals surface area contributed by atoms with Crippen molar-refractivity contribution in [2.45, 2.75) is 38.3 Å². The van der Waals surface area contributed by atoms with Crippen LogP contribution in [-0.2, 0) is 0 Å². The number of halogens is 2. The summed E-state index contributed by atoms with van der Waals surface area (Å²) in [5, 5.41) is 11.2. The Morgan fingerprint density at radius 1 is 0.742 bits per heavy atom. The number of hydrogen-bond donors (Lipinski definition) is 2. The van der Waals surface area contributed by atoms with Crippen molar-refractivity contribution >= 4 is 56.4 Å². The molecule has 2 aromatic heterocycles. The number of hydrogen-bond acceptors (Lipinski definition) is 4. The van der Waals surface area contributed by atoms with Gasteiger partial charge in [0.25, 0.3) is 0 Å². The van der Waals surface area contributed by atoms with E-state index in [2.05, 4.69) is 39.7 Å². The quantitative estimate of drug-likeness (QED) is 0.345. The lowest BCUT2D eigenvalue weighted by molar-refractivity contribution is 0.319. The maximum absolute atomic E-state index is 6.15. The van der Waals surface area contributed by atoms with E-state index in [9.17, 15) is 0 Å². The first-order chi connectivity index (χ1) is 15.1. The third-order valence-corrected chi connectivity index (χ3v) is 6.86. The molecule has 158 valence electrons. The number of nitrogens with zero attached hydrogens (tertiary/aromatic N) is 2. The van der Waals surface area contributed by atoms with E-state index in [0.29, 0.717) is 28.0 Å². The van der Waals surface area contributed by atoms with Gasteiger partial charge in [0.2, 0.25) is 0 Å². The summed E-state index contributed by atoms with van der Waals surface area (Å²) in [6, 6.07) is 16.6. The topological polar surface area (TPSA) is 49.8 Å². The third-order valence-electron chi connectivity index (χ3n) is 6.39. The fourth-order valence-corrected chi connectivity index (χ4v) is 5.00. The highest BCUT2D eigenvalue weighted by Gasteiger charge is 2.30. The van der Waals surface area contributed by atoms with Gasteiger partial charge < -0.3 is 10.6 Å². The van der Waals surface area contributed by atoms with Crippen LogP contribution in [0.5, 0.6) is 0 Å². The molecule has 0 bridgehead atoms. The largest absolute Gasteiger partial charge is 0.381 e. The number of benzene rings is 2. The Morgan fingerprint density at radius 2 is 1.23 bits per heavy atom. The number of pyridine rings is 2. The van der Waals surface area contributed by atoms with E-state index in [1.54, 1.807) is 0 Å². The Labute approximate surface area is 192 Å². The Kier molecular flexibility index (Phi) is 5.59. The van der Waals surface area contributed by atoms with Gasteiger partial charge in [-0.25, -0.2) is 0 Å². The monoisotopic (exact) mass is 450 g/mol. The van der Waals surface area contributed by atoms with E-state index in [1.165, 1.54) is 6.42 Å². The minimum absolute atomic E-state index is 0.370. The van der Waals surface area contributed by atoms with Gasteiger partial charge in [0.05, 0.1) is 11.0 Å². The first-order valence-corrected chi connectivity index (χ1v) is 11.5. The molecule has 1 aliphatic rings. The smallest absolute Gasteiger partial charge is 0.0737 e. The zero-order chi connectivity index (χ0) is 21.4. The second-order valence-corrected chi connectivity index (χ2v) is 9.20. The lowest BCUT2D eigenvalue weighted by Gasteiger charge is -2.38. The summed E-state index contributed by atoms with van der Waals surface area (Å²) in [6.07, 6.45) is 7.15. The molecule has 5 rings (SSSR count). The fourth-order valence-electron chi connectivity index (χ4n) is 4.66. The van der Waals surface area contributed by atoms with Crippen molar-refractivity contribution in [2.24, 2.45) is 5.92 Å². The van der Waals surface area contributed by atoms with Crippen molar-refractivity contribution in [3.63, 3.8) is 0 Å². The molecular weight excluding hydrogens is 427 g/mol. The van der Waals surface area contributed by atoms with Crippen molar-refractivity contribution < 1.29 is 0 Å². The van der Waals surface area contributed by atoms with Crippen LogP contribution < -0.4 is 10.6 Å². The van der Waals surface area contributed by atoms with Crippen LogP contribution in [0.4, 0.5) is 11.4 Å². The average Bonchev–Trinajstić information content (AvgIpc) is 2.76. The van der Waals surface area contributed by atoms with Crippen molar-refractivity contribution in [2.75, 3.05) is 10.6 Å². The predicted molar refractivity (Wildman–Crippen MR) is 131 cm³/mol. The van der Waals surface area contributed by atoms with Gasteiger partial charge in [0.1, 0.15) is 0 Å². The average molecular weight is 451 g/mol. The highest BCUT2D eigenvalue weighted by Crippen LogP contribution is 2.33. The molecule has 0 spiro atoms. The van der Waals surface area contributed by atoms with E-state index >= 15 is 0 Å². The molecule has 31 heavy (non-hydrogen) atoms. The maximum atomic E-state index is 6.15. The minimum atomic E-state index is 0.370. The van der Waals surface area contributed by atoms with E-state index in [4.69, 9.17) is 23.2 Å². The van der Waals surface area contributed by atoms with Gasteiger partial charge in [-0.2, -0.15) is 0 Å². The maximum Gasteiger partial charge on any atom is 0.0737 e. The molecule has 0 aliphatic heterocycles. The summed E-state index contributed by atoms with van der Waals surface area (Å²) < 4.78 is 0. The summed E-state index contributed by atoms with van der Waals surface area (Å²) >= 11 is 12.3. The van der Waals surface area contributed by atoms with Crippen molar-refractivity contribution in [1.29, 1.82) is 0 Å². The zero-order valence-corrected chi connectivity index (χ0v) is 18.8. The molecule has 2 atom stereocenters. The standard InChI is InChI=1S/C25H24Cl2N4/c1-15-20(30-22-9-11-28-24-13-16(26)5-7-18(22)24)3-2-4-21(15)31-23-10-12-29-25-14-17(27)6-8-19(23)25/h5-15,20-21H,2-4H2,1H3,(H,28,30)(H,29,31). The molecule has 0 saturated heterocycles. The fraction of sp³-hybridized carbons (Fsp3) is 0.280. The lowest BCUT2D eigenvalue weighted by atomic mass is 9.81. The third kappa shape index (κ3) is 4.15. The molecule has 0 amide bonds. The molecular formula is C25H24Cl2N4. The normalized spacial score (nSPS) is 21.3. The predicted octanol–water partition coefficient (Wildman–Crippen LogP) is 7.17. The van der Waals surface area contributed by atoms with Crippen LogP contribution in [0.3, 0.4) is 0 Å². The Morgan fingerprint density at radius 3 is 1.71 bits per heavy atom. The Bertz CT molecular complexity index is 1150. The van der Waals surface area contributed by atoms with E-state index in [1.807, 2.05) is 48.8 Å². The van der Waals surface area contributed by atoms with Crippen LogP contribution in [0.15, 0.2) is 60.9 Å². The van der Waals surface area contributed by atoms with Gasteiger partial charge in [-0.1, -0.05) is 30.1 Å². The van der Waals surface area contributed by atoms with Gasteiger partial charge in [0.15, 0.2) is 0 Å². The first-order valence-electron chi connectivity index (χ1n) is 10.7. The summed E-state index contributed by atoms with van der Waals surface area (Å²) in [4.78, 5) is 8.94. The zero-order valence-electron chi connectivity index (χ0n) is 17.3. The van der Waals surface area contributed by atoms with Crippen molar-refractivity contribution in [3.05, 3.63) is 71.0 Å². The number of nitrogens with one attached hydrogen (secondary N) is 2. The van der Waals surface area contributed by atoms with Gasteiger partial charge in [0, 0.05) is 56.7 Å². The van der Waals surface area contributed by atoms with Crippen LogP contribution in [0.1, 0.15) is 26.2 Å². The first kappa shape index (κ1) is 20.3. The summed E-state index contributed by atoms with van der Waals surface area (Å²) in [7, 11) is 0. The van der Waals surface area contributed by atoms with Crippen LogP contribution in [-0.4, -0.2) is 22.1 Å². The van der Waals surface area contributed by atoms with E-state index in [-0.39, 0.29) is 0 Å². The van der Waals surface area contributed by atoms with Gasteiger partial charge in [-0.05, 0) is 73.7 Å². The van der Waals surface area contributed by atoms with Crippen LogP contribution in [0.2, 0.25) is 10.0 Å². The van der Waals surface area contributed by atoms with Gasteiger partial charge >= 0.3 is 0 Å². The van der Waals surface area contributed by atoms with Crippen molar-refractivity contribution in [3.8, 4) is 0 Å². The summed E-state index contributed by atoms with van der Waals surface area (Å²) in [6.45, 7) is 2.33.